The third-order valence-corrected chi connectivity index (χ3v) is 2.02. The van der Waals surface area contributed by atoms with Gasteiger partial charge in [0.05, 0.1) is 0 Å². The van der Waals surface area contributed by atoms with Gasteiger partial charge in [-0.25, -0.2) is 8.60 Å². The van der Waals surface area contributed by atoms with E-state index in [-0.39, 0.29) is 0 Å². The van der Waals surface area contributed by atoms with Crippen LogP contribution in [0.5, 0.6) is 0 Å². The molecule has 0 amide bonds. The third kappa shape index (κ3) is 5.10. The highest BCUT2D eigenvalue weighted by molar-refractivity contribution is 8.10. The molecule has 0 spiro atoms. The zero-order valence-corrected chi connectivity index (χ0v) is 5.95. The Bertz CT molecular complexity index is 203. The molecule has 0 aliphatic heterocycles. The lowest BCUT2D eigenvalue weighted by molar-refractivity contribution is -0.109. The van der Waals surface area contributed by atoms with E-state index in [2.05, 4.69) is 0 Å². The maximum Gasteiger partial charge on any atom is 0.402 e. The monoisotopic (exact) mass is 198 g/mol. The summed E-state index contributed by atoms with van der Waals surface area (Å²) in [5, 5.41) is 0. The van der Waals surface area contributed by atoms with E-state index < -0.39 is 27.6 Å². The summed E-state index contributed by atoms with van der Waals surface area (Å²) in [6, 6.07) is -2.31. The molecule has 2 N–H and O–H groups in total. The lowest BCUT2D eigenvalue weighted by Gasteiger charge is -2.27. The van der Waals surface area contributed by atoms with Crippen LogP contribution in [-0.2, 0) is 9.63 Å². The smallest absolute Gasteiger partial charge is 0.305 e. The molecule has 0 aromatic carbocycles. The topological polar surface area (TPSA) is 57.5 Å². The van der Waals surface area contributed by atoms with Gasteiger partial charge in [0.1, 0.15) is 15.4 Å². The molecule has 8 heteroatoms. The molecule has 0 fully saturated rings. The Morgan fingerprint density at radius 3 is 1.73 bits per heavy atom. The van der Waals surface area contributed by atoms with Gasteiger partial charge in [0.2, 0.25) is 0 Å². The van der Waals surface area contributed by atoms with Gasteiger partial charge in [-0.3, -0.25) is 0 Å². The molecule has 0 saturated carbocycles. The zero-order chi connectivity index (χ0) is 9.36. The van der Waals surface area contributed by atoms with Crippen LogP contribution < -0.4 is 0 Å². The van der Waals surface area contributed by atoms with Gasteiger partial charge in [-0.15, -0.1) is 0 Å². The first-order valence-corrected chi connectivity index (χ1v) is 4.52. The van der Waals surface area contributed by atoms with Crippen molar-refractivity contribution in [1.29, 1.82) is 0 Å². The van der Waals surface area contributed by atoms with Crippen molar-refractivity contribution >= 4 is 9.63 Å². The van der Waals surface area contributed by atoms with Crippen molar-refractivity contribution in [2.75, 3.05) is 11.8 Å². The van der Waals surface area contributed by atoms with Gasteiger partial charge in [0.25, 0.3) is 0 Å². The van der Waals surface area contributed by atoms with Crippen LogP contribution in [-0.4, -0.2) is 31.3 Å². The fourth-order valence-corrected chi connectivity index (χ4v) is 1.10. The minimum absolute atomic E-state index is 2.31. The van der Waals surface area contributed by atoms with Gasteiger partial charge in [0.15, 0.2) is 6.01 Å². The second-order valence-electron chi connectivity index (χ2n) is 2.06. The molecule has 3 nitrogen and oxygen atoms in total. The summed E-state index contributed by atoms with van der Waals surface area (Å²) in [6.07, 6.45) is -5.06. The number of hydrogen-bond acceptors (Lipinski definition) is 1. The van der Waals surface area contributed by atoms with Gasteiger partial charge in [0, 0.05) is 0 Å². The van der Waals surface area contributed by atoms with E-state index in [1.165, 1.54) is 0 Å². The van der Waals surface area contributed by atoms with Crippen LogP contribution in [0.2, 0.25) is 0 Å². The second-order valence-corrected chi connectivity index (χ2v) is 4.94. The van der Waals surface area contributed by atoms with Crippen molar-refractivity contribution < 1.29 is 30.9 Å². The molecule has 0 aliphatic rings. The van der Waals surface area contributed by atoms with Gasteiger partial charge < -0.3 is 9.11 Å². The molecule has 0 heterocycles. The fourth-order valence-electron chi connectivity index (χ4n) is 0.368. The van der Waals surface area contributed by atoms with Crippen molar-refractivity contribution in [2.45, 2.75) is 6.18 Å². The highest BCUT2D eigenvalue weighted by Gasteiger charge is 2.44. The first-order valence-electron chi connectivity index (χ1n) is 2.30. The summed E-state index contributed by atoms with van der Waals surface area (Å²) in [6.45, 7) is 0. The van der Waals surface area contributed by atoms with Gasteiger partial charge >= 0.3 is 6.18 Å². The van der Waals surface area contributed by atoms with E-state index >= 15 is 0 Å². The molecule has 0 aliphatic carbocycles. The van der Waals surface area contributed by atoms with E-state index in [1.807, 2.05) is 0 Å². The molecule has 0 bridgehead atoms. The molecule has 0 atom stereocenters. The molecule has 0 radical (unpaired) electrons. The van der Waals surface area contributed by atoms with Gasteiger partial charge in [-0.05, 0) is 0 Å². The van der Waals surface area contributed by atoms with Crippen LogP contribution in [0, 0.1) is 0 Å². The lowest BCUT2D eigenvalue weighted by atomic mass is 10.8. The maximum absolute atomic E-state index is 11.4. The Morgan fingerprint density at radius 1 is 1.27 bits per heavy atom. The summed E-state index contributed by atoms with van der Waals surface area (Å²) in [5.41, 5.74) is 0. The van der Waals surface area contributed by atoms with Crippen molar-refractivity contribution in [2.24, 2.45) is 0 Å². The Hall–Kier alpha value is -0.210. The Labute approximate surface area is 59.4 Å². The van der Waals surface area contributed by atoms with Crippen LogP contribution in [0.1, 0.15) is 0 Å². The van der Waals surface area contributed by atoms with Gasteiger partial charge in [-0.1, -0.05) is 0 Å². The average molecular weight is 198 g/mol. The SMILES string of the molecule is O=S(O)(O)(CF)CC(F)(F)F. The minimum Gasteiger partial charge on any atom is -0.305 e. The lowest BCUT2D eigenvalue weighted by Crippen LogP contribution is -2.43. The molecular formula is C3H6F4O3S. The summed E-state index contributed by atoms with van der Waals surface area (Å²) in [4.78, 5) is 0. The summed E-state index contributed by atoms with van der Waals surface area (Å²) >= 11 is 0. The molecule has 70 valence electrons. The van der Waals surface area contributed by atoms with Crippen molar-refractivity contribution in [3.8, 4) is 0 Å². The zero-order valence-electron chi connectivity index (χ0n) is 5.14. The molecule has 0 aromatic heterocycles. The highest BCUT2D eigenvalue weighted by atomic mass is 32.3. The molecule has 0 aromatic rings. The fraction of sp³-hybridized carbons (Fsp3) is 1.00. The number of alkyl halides is 4. The highest BCUT2D eigenvalue weighted by Crippen LogP contribution is 2.27. The Balaban J connectivity index is 4.50. The van der Waals surface area contributed by atoms with E-state index in [1.54, 1.807) is 0 Å². The number of hydrogen-bond donors (Lipinski definition) is 2. The van der Waals surface area contributed by atoms with Crippen molar-refractivity contribution in [3.05, 3.63) is 0 Å². The Kier molecular flexibility index (Phi) is 2.34. The summed E-state index contributed by atoms with van der Waals surface area (Å²) in [5.74, 6) is -2.43. The van der Waals surface area contributed by atoms with Crippen LogP contribution in [0.3, 0.4) is 0 Å². The molecule has 0 unspecified atom stereocenters. The predicted molar refractivity (Wildman–Crippen MR) is 30.3 cm³/mol. The summed E-state index contributed by atoms with van der Waals surface area (Å²) < 4.78 is 71.9. The quantitative estimate of drug-likeness (QED) is 0.656. The van der Waals surface area contributed by atoms with Crippen molar-refractivity contribution in [1.82, 2.24) is 0 Å². The van der Waals surface area contributed by atoms with Crippen LogP contribution >= 0.6 is 0 Å². The molecule has 11 heavy (non-hydrogen) atoms. The van der Waals surface area contributed by atoms with E-state index in [0.29, 0.717) is 0 Å². The summed E-state index contributed by atoms with van der Waals surface area (Å²) in [7, 11) is -6.08. The van der Waals surface area contributed by atoms with Crippen LogP contribution in [0.15, 0.2) is 0 Å². The predicted octanol–water partition coefficient (Wildman–Crippen LogP) is 1.24. The van der Waals surface area contributed by atoms with Gasteiger partial charge in [-0.2, -0.15) is 13.2 Å². The Morgan fingerprint density at radius 2 is 1.64 bits per heavy atom. The molecule has 0 saturated heterocycles. The first-order chi connectivity index (χ1) is 4.53. The normalized spacial score (nSPS) is 17.5. The maximum atomic E-state index is 11.4. The van der Waals surface area contributed by atoms with E-state index in [4.69, 9.17) is 9.11 Å². The standard InChI is InChI=1S/C3H6F4O3S/c4-2-11(8,9,10)1-3(5,6)7/h1-2H2,(H2,8,9,10). The largest absolute Gasteiger partial charge is 0.402 e. The van der Waals surface area contributed by atoms with Crippen LogP contribution in [0.25, 0.3) is 0 Å². The molecule has 0 rings (SSSR count). The second kappa shape index (κ2) is 2.39. The minimum atomic E-state index is -6.08. The average Bonchev–Trinajstić information content (AvgIpc) is 1.57. The third-order valence-electron chi connectivity index (χ3n) is 0.673. The van der Waals surface area contributed by atoms with E-state index in [0.717, 1.165) is 0 Å². The molecular weight excluding hydrogens is 192 g/mol. The van der Waals surface area contributed by atoms with Crippen LogP contribution in [0.4, 0.5) is 17.6 Å². The van der Waals surface area contributed by atoms with E-state index in [9.17, 15) is 21.8 Å². The number of halogens is 4. The number of rotatable bonds is 2. The van der Waals surface area contributed by atoms with Crippen molar-refractivity contribution in [3.63, 3.8) is 0 Å². The first kappa shape index (κ1) is 10.8.